The number of carbonyl (C=O) groups excluding carboxylic acids is 3. The second-order valence-electron chi connectivity index (χ2n) is 11.9. The normalized spacial score (nSPS) is 15.9. The third-order valence-corrected chi connectivity index (χ3v) is 9.07. The van der Waals surface area contributed by atoms with Gasteiger partial charge in [0, 0.05) is 68.9 Å². The van der Waals surface area contributed by atoms with Crippen molar-refractivity contribution in [2.45, 2.75) is 38.3 Å². The number of carbonyl (C=O) groups is 3. The second kappa shape index (κ2) is 14.3. The van der Waals surface area contributed by atoms with Gasteiger partial charge in [-0.05, 0) is 60.4 Å². The summed E-state index contributed by atoms with van der Waals surface area (Å²) in [4.78, 5) is 58.8. The van der Waals surface area contributed by atoms with Gasteiger partial charge >= 0.3 is 0 Å². The van der Waals surface area contributed by atoms with E-state index in [1.165, 1.54) is 7.11 Å². The van der Waals surface area contributed by atoms with E-state index in [2.05, 4.69) is 22.3 Å². The number of ether oxygens (including phenoxy) is 1. The molecule has 2 saturated heterocycles. The Hall–Kier alpha value is -4.83. The molecule has 1 atom stereocenters. The standard InChI is InChI=1S/C36H37ClN4O6/c1-46-27-13-14-32-28(21-27)31(42)22-33(47-32)35(44)38-29(20-24-9-11-26(37)12-10-24)36(45)40-18-16-39(17-19-40)30-7-3-2-6-25(30)23-41-15-5-4-8-34(41)43/h2-3,6-7,9-14,21-22,29H,4-5,8,15-20,23H2,1H3,(H,38,44)/t29-/m1/s1. The zero-order valence-electron chi connectivity index (χ0n) is 26.2. The largest absolute Gasteiger partial charge is 0.497 e. The first-order chi connectivity index (χ1) is 22.8. The zero-order chi connectivity index (χ0) is 32.9. The van der Waals surface area contributed by atoms with Crippen LogP contribution in [0.25, 0.3) is 11.0 Å². The molecular formula is C36H37ClN4O6. The molecule has 0 radical (unpaired) electrons. The minimum Gasteiger partial charge on any atom is -0.497 e. The first-order valence-corrected chi connectivity index (χ1v) is 16.2. The highest BCUT2D eigenvalue weighted by atomic mass is 35.5. The number of fused-ring (bicyclic) bond motifs is 1. The fraction of sp³-hybridized carbons (Fsp3) is 0.333. The number of halogens is 1. The second-order valence-corrected chi connectivity index (χ2v) is 12.3. The Bertz CT molecular complexity index is 1830. The number of likely N-dealkylation sites (tertiary alicyclic amines) is 1. The molecule has 2 fully saturated rings. The van der Waals surface area contributed by atoms with Crippen molar-refractivity contribution >= 4 is 46.0 Å². The number of benzene rings is 3. The summed E-state index contributed by atoms with van der Waals surface area (Å²) in [6, 6.07) is 20.2. The zero-order valence-corrected chi connectivity index (χ0v) is 27.0. The number of nitrogens with zero attached hydrogens (tertiary/aromatic N) is 3. The summed E-state index contributed by atoms with van der Waals surface area (Å²) in [5.74, 6) is -0.384. The molecule has 11 heteroatoms. The van der Waals surface area contributed by atoms with Gasteiger partial charge in [0.25, 0.3) is 5.91 Å². The van der Waals surface area contributed by atoms with E-state index in [0.717, 1.165) is 42.3 Å². The van der Waals surface area contributed by atoms with Crippen molar-refractivity contribution in [3.05, 3.63) is 105 Å². The van der Waals surface area contributed by atoms with Gasteiger partial charge in [0.15, 0.2) is 11.2 Å². The Balaban J connectivity index is 1.18. The number of anilines is 1. The van der Waals surface area contributed by atoms with E-state index in [1.54, 1.807) is 35.2 Å². The number of rotatable bonds is 9. The molecule has 3 aromatic carbocycles. The molecule has 3 heterocycles. The number of para-hydroxylation sites is 1. The van der Waals surface area contributed by atoms with Crippen molar-refractivity contribution in [1.82, 2.24) is 15.1 Å². The Morgan fingerprint density at radius 3 is 2.45 bits per heavy atom. The summed E-state index contributed by atoms with van der Waals surface area (Å²) in [5, 5.41) is 3.69. The number of piperazine rings is 1. The van der Waals surface area contributed by atoms with Crippen LogP contribution in [-0.4, -0.2) is 73.4 Å². The van der Waals surface area contributed by atoms with Gasteiger partial charge in [-0.3, -0.25) is 19.2 Å². The van der Waals surface area contributed by atoms with Crippen molar-refractivity contribution in [2.75, 3.05) is 44.7 Å². The van der Waals surface area contributed by atoms with Crippen LogP contribution in [0.5, 0.6) is 5.75 Å². The molecule has 1 N–H and O–H groups in total. The van der Waals surface area contributed by atoms with Gasteiger partial charge in [-0.15, -0.1) is 0 Å². The molecule has 0 saturated carbocycles. The van der Waals surface area contributed by atoms with Crippen LogP contribution in [-0.2, 0) is 22.6 Å². The highest BCUT2D eigenvalue weighted by Gasteiger charge is 2.31. The Morgan fingerprint density at radius 2 is 1.70 bits per heavy atom. The van der Waals surface area contributed by atoms with Crippen molar-refractivity contribution < 1.29 is 23.5 Å². The van der Waals surface area contributed by atoms with Crippen molar-refractivity contribution in [1.29, 1.82) is 0 Å². The van der Waals surface area contributed by atoms with Gasteiger partial charge in [0.2, 0.25) is 11.8 Å². The highest BCUT2D eigenvalue weighted by molar-refractivity contribution is 6.30. The first kappa shape index (κ1) is 32.1. The SMILES string of the molecule is COc1ccc2oc(C(=O)N[C@H](Cc3ccc(Cl)cc3)C(=O)N3CCN(c4ccccc4CN4CCCCC4=O)CC3)cc(=O)c2c1. The average Bonchev–Trinajstić information content (AvgIpc) is 3.09. The van der Waals surface area contributed by atoms with Crippen LogP contribution < -0.4 is 20.4 Å². The van der Waals surface area contributed by atoms with Gasteiger partial charge < -0.3 is 29.2 Å². The summed E-state index contributed by atoms with van der Waals surface area (Å²) in [7, 11) is 1.50. The molecule has 10 nitrogen and oxygen atoms in total. The van der Waals surface area contributed by atoms with Gasteiger partial charge in [0.05, 0.1) is 12.5 Å². The lowest BCUT2D eigenvalue weighted by atomic mass is 10.0. The predicted octanol–water partition coefficient (Wildman–Crippen LogP) is 4.66. The average molecular weight is 657 g/mol. The predicted molar refractivity (Wildman–Crippen MR) is 180 cm³/mol. The van der Waals surface area contributed by atoms with Crippen LogP contribution in [0.15, 0.2) is 82.0 Å². The minimum absolute atomic E-state index is 0.185. The molecule has 47 heavy (non-hydrogen) atoms. The third kappa shape index (κ3) is 7.44. The van der Waals surface area contributed by atoms with Crippen LogP contribution in [0.4, 0.5) is 5.69 Å². The van der Waals surface area contributed by atoms with E-state index in [4.69, 9.17) is 20.8 Å². The minimum atomic E-state index is -0.913. The third-order valence-electron chi connectivity index (χ3n) is 8.82. The molecule has 3 amide bonds. The number of methoxy groups -OCH3 is 1. The lowest BCUT2D eigenvalue weighted by molar-refractivity contribution is -0.134. The number of nitrogens with one attached hydrogen (secondary N) is 1. The summed E-state index contributed by atoms with van der Waals surface area (Å²) in [6.07, 6.45) is 2.78. The van der Waals surface area contributed by atoms with E-state index >= 15 is 0 Å². The van der Waals surface area contributed by atoms with Crippen molar-refractivity contribution in [3.8, 4) is 5.75 Å². The number of piperidine rings is 1. The molecule has 2 aliphatic heterocycles. The van der Waals surface area contributed by atoms with Crippen LogP contribution in [0.2, 0.25) is 5.02 Å². The molecule has 0 bridgehead atoms. The molecule has 6 rings (SSSR count). The van der Waals surface area contributed by atoms with Gasteiger partial charge in [0.1, 0.15) is 17.4 Å². The van der Waals surface area contributed by atoms with Crippen molar-refractivity contribution in [3.63, 3.8) is 0 Å². The maximum Gasteiger partial charge on any atom is 0.287 e. The molecule has 1 aromatic heterocycles. The molecular weight excluding hydrogens is 620 g/mol. The van der Waals surface area contributed by atoms with Crippen molar-refractivity contribution in [2.24, 2.45) is 0 Å². The smallest absolute Gasteiger partial charge is 0.287 e. The number of amides is 3. The fourth-order valence-electron chi connectivity index (χ4n) is 6.24. The molecule has 4 aromatic rings. The van der Waals surface area contributed by atoms with Crippen LogP contribution in [0, 0.1) is 0 Å². The monoisotopic (exact) mass is 656 g/mol. The van der Waals surface area contributed by atoms with Gasteiger partial charge in [-0.25, -0.2) is 0 Å². The lowest BCUT2D eigenvalue weighted by Gasteiger charge is -2.39. The van der Waals surface area contributed by atoms with Crippen LogP contribution in [0.1, 0.15) is 40.9 Å². The summed E-state index contributed by atoms with van der Waals surface area (Å²) in [6.45, 7) is 3.45. The first-order valence-electron chi connectivity index (χ1n) is 15.9. The quantitative estimate of drug-likeness (QED) is 0.279. The summed E-state index contributed by atoms with van der Waals surface area (Å²) >= 11 is 6.10. The Kier molecular flexibility index (Phi) is 9.77. The Morgan fingerprint density at radius 1 is 0.936 bits per heavy atom. The van der Waals surface area contributed by atoms with E-state index in [9.17, 15) is 19.2 Å². The summed E-state index contributed by atoms with van der Waals surface area (Å²) in [5.41, 5.74) is 2.82. The van der Waals surface area contributed by atoms with Gasteiger partial charge in [-0.2, -0.15) is 0 Å². The van der Waals surface area contributed by atoms with Crippen LogP contribution in [0.3, 0.4) is 0 Å². The Labute approximate surface area is 277 Å². The van der Waals surface area contributed by atoms with E-state index in [-0.39, 0.29) is 35.0 Å². The molecule has 0 spiro atoms. The van der Waals surface area contributed by atoms with Crippen LogP contribution >= 0.6 is 11.6 Å². The van der Waals surface area contributed by atoms with E-state index < -0.39 is 17.4 Å². The maximum atomic E-state index is 14.0. The van der Waals surface area contributed by atoms with E-state index in [1.807, 2.05) is 29.2 Å². The molecule has 2 aliphatic rings. The van der Waals surface area contributed by atoms with Gasteiger partial charge in [-0.1, -0.05) is 41.9 Å². The fourth-order valence-corrected chi connectivity index (χ4v) is 6.36. The maximum absolute atomic E-state index is 14.0. The number of hydrogen-bond acceptors (Lipinski definition) is 7. The molecule has 0 unspecified atom stereocenters. The molecule has 0 aliphatic carbocycles. The molecule has 244 valence electrons. The van der Waals surface area contributed by atoms with E-state index in [0.29, 0.717) is 49.9 Å². The topological polar surface area (TPSA) is 112 Å². The highest BCUT2D eigenvalue weighted by Crippen LogP contribution is 2.26. The number of hydrogen-bond donors (Lipinski definition) is 1. The lowest BCUT2D eigenvalue weighted by Crippen LogP contribution is -2.55. The summed E-state index contributed by atoms with van der Waals surface area (Å²) < 4.78 is 11.0.